The van der Waals surface area contributed by atoms with Crippen molar-refractivity contribution in [2.45, 2.75) is 31.3 Å². The second-order valence-corrected chi connectivity index (χ2v) is 8.47. The molecule has 160 valence electrons. The Morgan fingerprint density at radius 2 is 1.73 bits per heavy atom. The Kier molecular flexibility index (Phi) is 7.88. The summed E-state index contributed by atoms with van der Waals surface area (Å²) in [6.45, 7) is 5.20. The molecule has 2 N–H and O–H groups in total. The molecule has 2 rings (SSSR count). The number of nitrogens with zero attached hydrogens (tertiary/aromatic N) is 1. The Hall–Kier alpha value is -3.00. The average Bonchev–Trinajstić information content (AvgIpc) is 2.66. The number of anilines is 2. The Bertz CT molecular complexity index is 925. The van der Waals surface area contributed by atoms with Crippen LogP contribution in [0.25, 0.3) is 0 Å². The molecule has 0 heterocycles. The van der Waals surface area contributed by atoms with E-state index in [9.17, 15) is 14.4 Å². The van der Waals surface area contributed by atoms with Crippen molar-refractivity contribution in [3.63, 3.8) is 0 Å². The molecule has 0 fully saturated rings. The molecular weight excluding hydrogens is 402 g/mol. The van der Waals surface area contributed by atoms with Crippen molar-refractivity contribution >= 4 is 41.0 Å². The summed E-state index contributed by atoms with van der Waals surface area (Å²) in [5, 5.41) is 5.44. The lowest BCUT2D eigenvalue weighted by molar-refractivity contribution is -0.116. The molecule has 2 aromatic carbocycles. The molecule has 3 amide bonds. The Morgan fingerprint density at radius 1 is 1.03 bits per heavy atom. The molecule has 7 nitrogen and oxygen atoms in total. The summed E-state index contributed by atoms with van der Waals surface area (Å²) in [4.78, 5) is 39.3. The standard InChI is InChI=1S/C22H27N3O4S/c1-22(2,3)29-21(28)23-16-10-8-9-15(13-16)20(27)25(4)14-19(26)24-17-11-6-7-12-18(17)30-5/h6-13H,14H2,1-5H3,(H,23,28)(H,24,26). The third kappa shape index (κ3) is 7.11. The van der Waals surface area contributed by atoms with Gasteiger partial charge in [0.15, 0.2) is 0 Å². The van der Waals surface area contributed by atoms with Crippen LogP contribution < -0.4 is 10.6 Å². The summed E-state index contributed by atoms with van der Waals surface area (Å²) in [5.74, 6) is -0.633. The first-order valence-electron chi connectivity index (χ1n) is 9.37. The van der Waals surface area contributed by atoms with Crippen molar-refractivity contribution in [3.8, 4) is 0 Å². The lowest BCUT2D eigenvalue weighted by Crippen LogP contribution is -2.35. The Balaban J connectivity index is 2.00. The first-order chi connectivity index (χ1) is 14.1. The van der Waals surface area contributed by atoms with E-state index in [-0.39, 0.29) is 18.4 Å². The topological polar surface area (TPSA) is 87.7 Å². The molecule has 0 radical (unpaired) electrons. The van der Waals surface area contributed by atoms with Gasteiger partial charge in [0.1, 0.15) is 5.60 Å². The number of thioether (sulfide) groups is 1. The second kappa shape index (κ2) is 10.2. The van der Waals surface area contributed by atoms with Crippen molar-refractivity contribution in [2.24, 2.45) is 0 Å². The number of benzene rings is 2. The number of rotatable bonds is 6. The zero-order chi connectivity index (χ0) is 22.3. The molecule has 0 saturated carbocycles. The first-order valence-corrected chi connectivity index (χ1v) is 10.6. The average molecular weight is 430 g/mol. The summed E-state index contributed by atoms with van der Waals surface area (Å²) in [5.41, 5.74) is 0.865. The van der Waals surface area contributed by atoms with Gasteiger partial charge in [0, 0.05) is 23.2 Å². The summed E-state index contributed by atoms with van der Waals surface area (Å²) in [6, 6.07) is 14.0. The molecule has 0 saturated heterocycles. The highest BCUT2D eigenvalue weighted by molar-refractivity contribution is 7.98. The summed E-state index contributed by atoms with van der Waals surface area (Å²) in [6.07, 6.45) is 1.33. The van der Waals surface area contributed by atoms with Crippen molar-refractivity contribution in [1.82, 2.24) is 4.90 Å². The lowest BCUT2D eigenvalue weighted by Gasteiger charge is -2.20. The number of amides is 3. The van der Waals surface area contributed by atoms with Gasteiger partial charge in [0.2, 0.25) is 5.91 Å². The number of ether oxygens (including phenoxy) is 1. The molecule has 8 heteroatoms. The van der Waals surface area contributed by atoms with Crippen LogP contribution in [-0.4, -0.2) is 48.3 Å². The maximum absolute atomic E-state index is 12.7. The number of carbonyl (C=O) groups is 3. The highest BCUT2D eigenvalue weighted by atomic mass is 32.2. The normalized spacial score (nSPS) is 10.8. The maximum atomic E-state index is 12.7. The van der Waals surface area contributed by atoms with Crippen LogP contribution in [-0.2, 0) is 9.53 Å². The number of carbonyl (C=O) groups excluding carboxylic acids is 3. The van der Waals surface area contributed by atoms with Gasteiger partial charge in [-0.1, -0.05) is 18.2 Å². The van der Waals surface area contributed by atoms with Gasteiger partial charge in [-0.2, -0.15) is 0 Å². The lowest BCUT2D eigenvalue weighted by atomic mass is 10.1. The Labute approximate surface area is 181 Å². The summed E-state index contributed by atoms with van der Waals surface area (Å²) in [7, 11) is 1.55. The van der Waals surface area contributed by atoms with E-state index in [1.165, 1.54) is 16.7 Å². The highest BCUT2D eigenvalue weighted by Crippen LogP contribution is 2.24. The van der Waals surface area contributed by atoms with Crippen LogP contribution in [0.2, 0.25) is 0 Å². The van der Waals surface area contributed by atoms with Gasteiger partial charge in [0.25, 0.3) is 5.91 Å². The van der Waals surface area contributed by atoms with Crippen molar-refractivity contribution in [1.29, 1.82) is 0 Å². The van der Waals surface area contributed by atoms with Crippen molar-refractivity contribution in [2.75, 3.05) is 30.5 Å². The zero-order valence-electron chi connectivity index (χ0n) is 17.8. The molecule has 2 aromatic rings. The molecule has 0 atom stereocenters. The molecule has 0 unspecified atom stereocenters. The van der Waals surface area contributed by atoms with Crippen molar-refractivity contribution < 1.29 is 19.1 Å². The van der Waals surface area contributed by atoms with E-state index in [0.29, 0.717) is 16.9 Å². The number of hydrogen-bond donors (Lipinski definition) is 2. The van der Waals surface area contributed by atoms with Crippen LogP contribution in [0, 0.1) is 0 Å². The van der Waals surface area contributed by atoms with Crippen LogP contribution in [0.3, 0.4) is 0 Å². The maximum Gasteiger partial charge on any atom is 0.412 e. The van der Waals surface area contributed by atoms with Crippen molar-refractivity contribution in [3.05, 3.63) is 54.1 Å². The number of likely N-dealkylation sites (N-methyl/N-ethyl adjacent to an activating group) is 1. The monoisotopic (exact) mass is 429 g/mol. The third-order valence-electron chi connectivity index (χ3n) is 3.86. The van der Waals surface area contributed by atoms with E-state index < -0.39 is 11.7 Å². The fourth-order valence-corrected chi connectivity index (χ4v) is 3.15. The molecule has 0 aromatic heterocycles. The van der Waals surface area contributed by atoms with E-state index >= 15 is 0 Å². The van der Waals surface area contributed by atoms with Crippen LogP contribution in [0.15, 0.2) is 53.4 Å². The molecular formula is C22H27N3O4S. The predicted octanol–water partition coefficient (Wildman–Crippen LogP) is 4.47. The minimum Gasteiger partial charge on any atom is -0.444 e. The van der Waals surface area contributed by atoms with E-state index in [2.05, 4.69) is 10.6 Å². The van der Waals surface area contributed by atoms with Gasteiger partial charge in [-0.05, 0) is 57.4 Å². The summed E-state index contributed by atoms with van der Waals surface area (Å²) < 4.78 is 5.22. The minimum atomic E-state index is -0.625. The van der Waals surface area contributed by atoms with E-state index in [4.69, 9.17) is 4.74 Å². The van der Waals surface area contributed by atoms with Gasteiger partial charge in [-0.3, -0.25) is 14.9 Å². The zero-order valence-corrected chi connectivity index (χ0v) is 18.6. The fourth-order valence-electron chi connectivity index (χ4n) is 2.60. The predicted molar refractivity (Wildman–Crippen MR) is 120 cm³/mol. The Morgan fingerprint density at radius 3 is 2.40 bits per heavy atom. The van der Waals surface area contributed by atoms with Crippen LogP contribution in [0.5, 0.6) is 0 Å². The van der Waals surface area contributed by atoms with Gasteiger partial charge >= 0.3 is 6.09 Å². The number of hydrogen-bond acceptors (Lipinski definition) is 5. The summed E-state index contributed by atoms with van der Waals surface area (Å²) >= 11 is 1.53. The van der Waals surface area contributed by atoms with Gasteiger partial charge in [0.05, 0.1) is 12.2 Å². The number of para-hydroxylation sites is 1. The first kappa shape index (κ1) is 23.3. The molecule has 0 aliphatic heterocycles. The minimum absolute atomic E-state index is 0.106. The van der Waals surface area contributed by atoms with Gasteiger partial charge in [-0.15, -0.1) is 11.8 Å². The van der Waals surface area contributed by atoms with E-state index in [1.807, 2.05) is 30.5 Å². The number of nitrogens with one attached hydrogen (secondary N) is 2. The van der Waals surface area contributed by atoms with Gasteiger partial charge < -0.3 is 15.0 Å². The van der Waals surface area contributed by atoms with Crippen LogP contribution in [0.4, 0.5) is 16.2 Å². The highest BCUT2D eigenvalue weighted by Gasteiger charge is 2.18. The second-order valence-electron chi connectivity index (χ2n) is 7.62. The third-order valence-corrected chi connectivity index (χ3v) is 4.66. The largest absolute Gasteiger partial charge is 0.444 e. The molecule has 0 bridgehead atoms. The van der Waals surface area contributed by atoms with Gasteiger partial charge in [-0.25, -0.2) is 4.79 Å². The molecule has 0 spiro atoms. The smallest absolute Gasteiger partial charge is 0.412 e. The van der Waals surface area contributed by atoms with Crippen LogP contribution >= 0.6 is 11.8 Å². The quantitative estimate of drug-likeness (QED) is 0.662. The molecule has 30 heavy (non-hydrogen) atoms. The fraction of sp³-hybridized carbons (Fsp3) is 0.318. The molecule has 0 aliphatic carbocycles. The SMILES string of the molecule is CSc1ccccc1NC(=O)CN(C)C(=O)c1cccc(NC(=O)OC(C)(C)C)c1. The van der Waals surface area contributed by atoms with E-state index in [1.54, 1.807) is 52.1 Å². The van der Waals surface area contributed by atoms with Crippen LogP contribution in [0.1, 0.15) is 31.1 Å². The van der Waals surface area contributed by atoms with E-state index in [0.717, 1.165) is 4.90 Å². The molecule has 0 aliphatic rings.